The van der Waals surface area contributed by atoms with Gasteiger partial charge in [0, 0.05) is 30.9 Å². The van der Waals surface area contributed by atoms with Crippen molar-refractivity contribution in [1.29, 1.82) is 0 Å². The predicted octanol–water partition coefficient (Wildman–Crippen LogP) is 2.40. The van der Waals surface area contributed by atoms with Crippen LogP contribution in [-0.4, -0.2) is 32.1 Å². The second kappa shape index (κ2) is 6.62. The first-order valence-electron chi connectivity index (χ1n) is 7.68. The van der Waals surface area contributed by atoms with E-state index in [0.717, 1.165) is 11.3 Å². The smallest absolute Gasteiger partial charge is 0.327 e. The van der Waals surface area contributed by atoms with Crippen LogP contribution in [0.25, 0.3) is 0 Å². The van der Waals surface area contributed by atoms with Gasteiger partial charge in [0.1, 0.15) is 11.8 Å². The molecule has 0 aliphatic carbocycles. The van der Waals surface area contributed by atoms with Crippen LogP contribution in [-0.2, 0) is 11.2 Å². The topological polar surface area (TPSA) is 70.7 Å². The molecule has 2 aromatic carbocycles. The normalized spacial score (nSPS) is 15.6. The van der Waals surface area contributed by atoms with Gasteiger partial charge >= 0.3 is 6.03 Å². The summed E-state index contributed by atoms with van der Waals surface area (Å²) in [4.78, 5) is 26.5. The van der Waals surface area contributed by atoms with Gasteiger partial charge in [0.15, 0.2) is 0 Å². The zero-order chi connectivity index (χ0) is 17.1. The molecule has 3 amide bonds. The molecule has 1 atom stereocenters. The number of rotatable bonds is 3. The molecule has 24 heavy (non-hydrogen) atoms. The van der Waals surface area contributed by atoms with Crippen LogP contribution in [0.1, 0.15) is 5.56 Å². The van der Waals surface area contributed by atoms with E-state index in [1.54, 1.807) is 38.4 Å². The molecule has 0 fully saturated rings. The summed E-state index contributed by atoms with van der Waals surface area (Å²) in [7, 11) is 3.14. The Morgan fingerprint density at radius 3 is 2.71 bits per heavy atom. The fraction of sp³-hybridized carbons (Fsp3) is 0.222. The van der Waals surface area contributed by atoms with Crippen LogP contribution in [0.15, 0.2) is 48.5 Å². The molecule has 1 unspecified atom stereocenters. The van der Waals surface area contributed by atoms with Crippen LogP contribution in [0.4, 0.5) is 16.2 Å². The highest BCUT2D eigenvalue weighted by molar-refractivity contribution is 6.08. The van der Waals surface area contributed by atoms with Gasteiger partial charge in [-0.2, -0.15) is 0 Å². The highest BCUT2D eigenvalue weighted by Gasteiger charge is 2.37. The number of carbonyl (C=O) groups excluding carboxylic acids is 2. The first-order valence-corrected chi connectivity index (χ1v) is 7.68. The Morgan fingerprint density at radius 2 is 1.96 bits per heavy atom. The number of fused-ring (bicyclic) bond motifs is 1. The third-order valence-corrected chi connectivity index (χ3v) is 4.06. The Kier molecular flexibility index (Phi) is 4.37. The van der Waals surface area contributed by atoms with E-state index >= 15 is 0 Å². The average Bonchev–Trinajstić information content (AvgIpc) is 3.00. The first kappa shape index (κ1) is 15.9. The van der Waals surface area contributed by atoms with E-state index in [0.29, 0.717) is 17.9 Å². The number of methoxy groups -OCH3 is 1. The van der Waals surface area contributed by atoms with Crippen LogP contribution in [0.2, 0.25) is 0 Å². The number of nitrogens with zero attached hydrogens (tertiary/aromatic N) is 1. The van der Waals surface area contributed by atoms with Crippen LogP contribution in [0.5, 0.6) is 5.75 Å². The van der Waals surface area contributed by atoms with E-state index in [4.69, 9.17) is 4.74 Å². The summed E-state index contributed by atoms with van der Waals surface area (Å²) < 4.78 is 5.17. The van der Waals surface area contributed by atoms with Crippen molar-refractivity contribution in [3.63, 3.8) is 0 Å². The van der Waals surface area contributed by atoms with Gasteiger partial charge in [-0.25, -0.2) is 4.79 Å². The van der Waals surface area contributed by atoms with Crippen molar-refractivity contribution in [2.45, 2.75) is 12.5 Å². The van der Waals surface area contributed by atoms with Crippen molar-refractivity contribution in [1.82, 2.24) is 5.32 Å². The predicted molar refractivity (Wildman–Crippen MR) is 92.5 cm³/mol. The quantitative estimate of drug-likeness (QED) is 0.910. The van der Waals surface area contributed by atoms with Crippen molar-refractivity contribution in [2.24, 2.45) is 0 Å². The number of benzene rings is 2. The number of urea groups is 1. The standard InChI is InChI=1S/C18H19N3O3/c1-19-17(22)16-10-12-6-3-4-9-15(12)21(16)18(23)20-13-7-5-8-14(11-13)24-2/h3-9,11,16H,10H2,1-2H3,(H,19,22)(H,20,23). The van der Waals surface area contributed by atoms with E-state index in [2.05, 4.69) is 10.6 Å². The van der Waals surface area contributed by atoms with Gasteiger partial charge in [0.25, 0.3) is 0 Å². The fourth-order valence-corrected chi connectivity index (χ4v) is 2.90. The summed E-state index contributed by atoms with van der Waals surface area (Å²) in [5.41, 5.74) is 2.35. The lowest BCUT2D eigenvalue weighted by molar-refractivity contribution is -0.121. The van der Waals surface area contributed by atoms with E-state index < -0.39 is 6.04 Å². The molecule has 0 spiro atoms. The Hall–Kier alpha value is -3.02. The number of ether oxygens (including phenoxy) is 1. The number of amides is 3. The van der Waals surface area contributed by atoms with Crippen molar-refractivity contribution in [3.8, 4) is 5.75 Å². The molecule has 2 aromatic rings. The van der Waals surface area contributed by atoms with E-state index in [1.807, 2.05) is 24.3 Å². The molecule has 6 nitrogen and oxygen atoms in total. The number of carbonyl (C=O) groups is 2. The molecule has 0 radical (unpaired) electrons. The van der Waals surface area contributed by atoms with Crippen molar-refractivity contribution in [2.75, 3.05) is 24.4 Å². The molecule has 3 rings (SSSR count). The number of para-hydroxylation sites is 1. The highest BCUT2D eigenvalue weighted by Crippen LogP contribution is 2.32. The first-order chi connectivity index (χ1) is 11.6. The largest absolute Gasteiger partial charge is 0.497 e. The minimum absolute atomic E-state index is 0.188. The lowest BCUT2D eigenvalue weighted by Gasteiger charge is -2.24. The van der Waals surface area contributed by atoms with Gasteiger partial charge in [-0.1, -0.05) is 24.3 Å². The number of nitrogens with one attached hydrogen (secondary N) is 2. The van der Waals surface area contributed by atoms with Crippen LogP contribution in [0, 0.1) is 0 Å². The molecular formula is C18H19N3O3. The fourth-order valence-electron chi connectivity index (χ4n) is 2.90. The maximum Gasteiger partial charge on any atom is 0.327 e. The van der Waals surface area contributed by atoms with E-state index in [1.165, 1.54) is 4.90 Å². The zero-order valence-electron chi connectivity index (χ0n) is 13.6. The Morgan fingerprint density at radius 1 is 1.17 bits per heavy atom. The summed E-state index contributed by atoms with van der Waals surface area (Å²) in [6, 6.07) is 13.7. The summed E-state index contributed by atoms with van der Waals surface area (Å²) in [5.74, 6) is 0.462. The van der Waals surface area contributed by atoms with Gasteiger partial charge in [-0.15, -0.1) is 0 Å². The van der Waals surface area contributed by atoms with Gasteiger partial charge in [0.2, 0.25) is 5.91 Å². The van der Waals surface area contributed by atoms with Crippen LogP contribution < -0.4 is 20.3 Å². The second-order valence-corrected chi connectivity index (χ2v) is 5.49. The number of likely N-dealkylation sites (N-methyl/N-ethyl adjacent to an activating group) is 1. The Labute approximate surface area is 140 Å². The summed E-state index contributed by atoms with van der Waals surface area (Å²) >= 11 is 0. The maximum absolute atomic E-state index is 12.8. The minimum Gasteiger partial charge on any atom is -0.497 e. The van der Waals surface area contributed by atoms with Crippen molar-refractivity contribution >= 4 is 23.3 Å². The van der Waals surface area contributed by atoms with Crippen molar-refractivity contribution in [3.05, 3.63) is 54.1 Å². The minimum atomic E-state index is -0.557. The van der Waals surface area contributed by atoms with Gasteiger partial charge in [-0.05, 0) is 23.8 Å². The number of hydrogen-bond acceptors (Lipinski definition) is 3. The van der Waals surface area contributed by atoms with E-state index in [-0.39, 0.29) is 11.9 Å². The summed E-state index contributed by atoms with van der Waals surface area (Å²) in [5, 5.41) is 5.46. The SMILES string of the molecule is CNC(=O)C1Cc2ccccc2N1C(=O)Nc1cccc(OC)c1. The molecule has 1 aliphatic rings. The van der Waals surface area contributed by atoms with Gasteiger partial charge in [0.05, 0.1) is 7.11 Å². The molecule has 124 valence electrons. The molecule has 0 saturated heterocycles. The third-order valence-electron chi connectivity index (χ3n) is 4.06. The molecule has 2 N–H and O–H groups in total. The highest BCUT2D eigenvalue weighted by atomic mass is 16.5. The molecule has 1 heterocycles. The second-order valence-electron chi connectivity index (χ2n) is 5.49. The average molecular weight is 325 g/mol. The third kappa shape index (κ3) is 2.90. The molecule has 0 bridgehead atoms. The number of hydrogen-bond donors (Lipinski definition) is 2. The Balaban J connectivity index is 1.89. The van der Waals surface area contributed by atoms with Crippen LogP contribution >= 0.6 is 0 Å². The van der Waals surface area contributed by atoms with Crippen molar-refractivity contribution < 1.29 is 14.3 Å². The lowest BCUT2D eigenvalue weighted by atomic mass is 10.1. The summed E-state index contributed by atoms with van der Waals surface area (Å²) in [6.07, 6.45) is 0.501. The molecule has 6 heteroatoms. The van der Waals surface area contributed by atoms with E-state index in [9.17, 15) is 9.59 Å². The summed E-state index contributed by atoms with van der Waals surface area (Å²) in [6.45, 7) is 0. The molecular weight excluding hydrogens is 306 g/mol. The number of anilines is 2. The van der Waals surface area contributed by atoms with Gasteiger partial charge < -0.3 is 15.4 Å². The molecule has 0 saturated carbocycles. The molecule has 1 aliphatic heterocycles. The zero-order valence-corrected chi connectivity index (χ0v) is 13.6. The van der Waals surface area contributed by atoms with Gasteiger partial charge in [-0.3, -0.25) is 9.69 Å². The van der Waals surface area contributed by atoms with Crippen LogP contribution in [0.3, 0.4) is 0 Å². The maximum atomic E-state index is 12.8. The monoisotopic (exact) mass is 325 g/mol. The lowest BCUT2D eigenvalue weighted by Crippen LogP contribution is -2.48. The Bertz CT molecular complexity index is 776. The molecule has 0 aromatic heterocycles.